The summed E-state index contributed by atoms with van der Waals surface area (Å²) < 4.78 is 33.8. The zero-order chi connectivity index (χ0) is 43.7. The fourth-order valence-electron chi connectivity index (χ4n) is 6.01. The quantitative estimate of drug-likeness (QED) is 0.0159. The molecule has 0 spiro atoms. The van der Waals surface area contributed by atoms with Crippen LogP contribution in [-0.2, 0) is 32.7 Å². The molecule has 1 N–H and O–H groups in total. The molecule has 59 heavy (non-hydrogen) atoms. The number of hydrogen-bond acceptors (Lipinski definition) is 9. The molecular formula is C48H86NO9P. The minimum Gasteiger partial charge on any atom is -0.756 e. The number of esters is 2. The maximum Gasteiger partial charge on any atom is 0.306 e. The molecule has 10 nitrogen and oxygen atoms in total. The molecule has 0 bridgehead atoms. The second-order valence-electron chi connectivity index (χ2n) is 16.6. The van der Waals surface area contributed by atoms with Crippen molar-refractivity contribution in [2.24, 2.45) is 0 Å². The number of unbranched alkanes of at least 4 members (excludes halogenated alkanes) is 17. The van der Waals surface area contributed by atoms with E-state index in [4.69, 9.17) is 18.5 Å². The van der Waals surface area contributed by atoms with Crippen molar-refractivity contribution in [1.29, 1.82) is 0 Å². The van der Waals surface area contributed by atoms with E-state index in [1.54, 1.807) is 6.08 Å². The Kier molecular flexibility index (Phi) is 38.2. The van der Waals surface area contributed by atoms with Gasteiger partial charge in [0.2, 0.25) is 0 Å². The number of quaternary nitrogens is 1. The van der Waals surface area contributed by atoms with Crippen LogP contribution in [0.1, 0.15) is 174 Å². The van der Waals surface area contributed by atoms with Gasteiger partial charge < -0.3 is 33.0 Å². The molecule has 2 unspecified atom stereocenters. The first-order chi connectivity index (χ1) is 28.4. The molecule has 0 saturated carbocycles. The lowest BCUT2D eigenvalue weighted by Crippen LogP contribution is -2.37. The maximum absolute atomic E-state index is 12.7. The van der Waals surface area contributed by atoms with Crippen molar-refractivity contribution in [3.63, 3.8) is 0 Å². The van der Waals surface area contributed by atoms with Crippen molar-refractivity contribution in [1.82, 2.24) is 0 Å². The predicted octanol–water partition coefficient (Wildman–Crippen LogP) is 11.6. The maximum atomic E-state index is 12.7. The fraction of sp³-hybridized carbons (Fsp3) is 0.750. The second kappa shape index (κ2) is 39.8. The molecule has 0 saturated heterocycles. The molecule has 0 aromatic carbocycles. The Morgan fingerprint density at radius 2 is 1.19 bits per heavy atom. The van der Waals surface area contributed by atoms with Gasteiger partial charge in [-0.3, -0.25) is 14.2 Å². The molecule has 0 aliphatic rings. The summed E-state index contributed by atoms with van der Waals surface area (Å²) in [5, 5.41) is 10.0. The summed E-state index contributed by atoms with van der Waals surface area (Å²) in [4.78, 5) is 37.6. The van der Waals surface area contributed by atoms with Crippen LogP contribution in [0.3, 0.4) is 0 Å². The van der Waals surface area contributed by atoms with Gasteiger partial charge in [0.05, 0.1) is 33.9 Å². The van der Waals surface area contributed by atoms with Crippen LogP contribution < -0.4 is 4.89 Å². The van der Waals surface area contributed by atoms with Crippen LogP contribution in [-0.4, -0.2) is 81.2 Å². The highest BCUT2D eigenvalue weighted by Gasteiger charge is 2.21. The van der Waals surface area contributed by atoms with Crippen molar-refractivity contribution >= 4 is 19.8 Å². The minimum absolute atomic E-state index is 0.0508. The van der Waals surface area contributed by atoms with Crippen molar-refractivity contribution in [2.75, 3.05) is 47.5 Å². The third kappa shape index (κ3) is 43.6. The van der Waals surface area contributed by atoms with Crippen LogP contribution in [0.15, 0.2) is 60.8 Å². The van der Waals surface area contributed by atoms with E-state index in [1.165, 1.54) is 83.5 Å². The van der Waals surface area contributed by atoms with Gasteiger partial charge in [0.15, 0.2) is 6.10 Å². The number of phosphoric ester groups is 1. The van der Waals surface area contributed by atoms with Crippen LogP contribution in [0, 0.1) is 0 Å². The summed E-state index contributed by atoms with van der Waals surface area (Å²) in [7, 11) is 1.10. The number of carbonyl (C=O) groups excluding carboxylic acids is 2. The highest BCUT2D eigenvalue weighted by atomic mass is 31.2. The van der Waals surface area contributed by atoms with Crippen molar-refractivity contribution in [3.8, 4) is 0 Å². The Bertz CT molecular complexity index is 1210. The summed E-state index contributed by atoms with van der Waals surface area (Å²) in [6.07, 6.45) is 44.3. The van der Waals surface area contributed by atoms with E-state index in [0.717, 1.165) is 38.5 Å². The normalized spacial score (nSPS) is 14.6. The van der Waals surface area contributed by atoms with Gasteiger partial charge in [-0.1, -0.05) is 177 Å². The fourth-order valence-corrected chi connectivity index (χ4v) is 6.74. The molecule has 0 aliphatic heterocycles. The number of rotatable bonds is 41. The number of hydrogen-bond donors (Lipinski definition) is 1. The number of aliphatic hydroxyl groups excluding tert-OH is 1. The SMILES string of the molecule is CC/C=C\C/C=C\CC(O)/C=C/C=C\C/C=C\CCCC(=O)OC[C@H](COP(=O)([O-])OCC[N+](C)(C)C)OC(=O)CCCCCCCCCCCCCCCCCCC. The Balaban J connectivity index is 4.47. The average molecular weight is 852 g/mol. The van der Waals surface area contributed by atoms with Gasteiger partial charge in [-0.25, -0.2) is 0 Å². The number of allylic oxidation sites excluding steroid dienone is 8. The van der Waals surface area contributed by atoms with Gasteiger partial charge >= 0.3 is 11.9 Å². The van der Waals surface area contributed by atoms with Crippen LogP contribution in [0.25, 0.3) is 0 Å². The Hall–Kier alpha value is -2.33. The Labute approximate surface area is 360 Å². The number of ether oxygens (including phenoxy) is 2. The lowest BCUT2D eigenvalue weighted by atomic mass is 10.0. The van der Waals surface area contributed by atoms with Crippen LogP contribution >= 0.6 is 7.82 Å². The minimum atomic E-state index is -4.65. The van der Waals surface area contributed by atoms with E-state index in [-0.39, 0.29) is 26.1 Å². The van der Waals surface area contributed by atoms with Crippen molar-refractivity contribution in [3.05, 3.63) is 60.8 Å². The van der Waals surface area contributed by atoms with Gasteiger partial charge in [-0.2, -0.15) is 0 Å². The van der Waals surface area contributed by atoms with Crippen LogP contribution in [0.4, 0.5) is 0 Å². The van der Waals surface area contributed by atoms with E-state index < -0.39 is 38.6 Å². The van der Waals surface area contributed by atoms with Crippen LogP contribution in [0.5, 0.6) is 0 Å². The smallest absolute Gasteiger partial charge is 0.306 e. The average Bonchev–Trinajstić information content (AvgIpc) is 3.18. The first-order valence-corrected chi connectivity index (χ1v) is 24.6. The molecule has 0 heterocycles. The number of aliphatic hydroxyl groups is 1. The summed E-state index contributed by atoms with van der Waals surface area (Å²) in [5.74, 6) is -0.940. The van der Waals surface area contributed by atoms with E-state index in [0.29, 0.717) is 36.7 Å². The van der Waals surface area contributed by atoms with Gasteiger partial charge in [-0.05, 0) is 44.9 Å². The zero-order valence-electron chi connectivity index (χ0n) is 38.0. The lowest BCUT2D eigenvalue weighted by molar-refractivity contribution is -0.870. The molecule has 0 aromatic rings. The largest absolute Gasteiger partial charge is 0.756 e. The lowest BCUT2D eigenvalue weighted by Gasteiger charge is -2.28. The van der Waals surface area contributed by atoms with E-state index in [1.807, 2.05) is 57.6 Å². The first kappa shape index (κ1) is 56.7. The van der Waals surface area contributed by atoms with Crippen molar-refractivity contribution in [2.45, 2.75) is 187 Å². The summed E-state index contributed by atoms with van der Waals surface area (Å²) >= 11 is 0. The number of phosphoric acid groups is 1. The van der Waals surface area contributed by atoms with E-state index in [2.05, 4.69) is 32.1 Å². The standard InChI is InChI=1S/C48H86NO9P/c1-6-8-10-12-14-15-16-17-18-19-20-21-22-23-28-32-36-40-48(52)58-46(44-57-59(53,54)56-42-41-49(3,4)5)43-55-47(51)39-35-31-27-25-24-26-30-34-38-45(50)37-33-29-13-11-9-7-2/h9,11,25-27,29-30,33-34,38,45-46,50H,6-8,10,12-24,28,31-32,35-37,39-44H2,1-5H3/b11-9-,27-25-,30-26-,33-29-,38-34+/t45?,46-/m1/s1. The highest BCUT2D eigenvalue weighted by Crippen LogP contribution is 2.38. The van der Waals surface area contributed by atoms with Gasteiger partial charge in [-0.15, -0.1) is 0 Å². The molecule has 0 radical (unpaired) electrons. The Morgan fingerprint density at radius 1 is 0.644 bits per heavy atom. The molecule has 3 atom stereocenters. The van der Waals surface area contributed by atoms with Gasteiger partial charge in [0.25, 0.3) is 7.82 Å². The van der Waals surface area contributed by atoms with Gasteiger partial charge in [0, 0.05) is 12.8 Å². The molecule has 0 aliphatic carbocycles. The molecule has 0 rings (SSSR count). The third-order valence-electron chi connectivity index (χ3n) is 9.63. The third-order valence-corrected chi connectivity index (χ3v) is 10.6. The molecule has 0 fully saturated rings. The number of nitrogens with zero attached hydrogens (tertiary/aromatic N) is 1. The molecule has 11 heteroatoms. The second-order valence-corrected chi connectivity index (χ2v) is 18.0. The summed E-state index contributed by atoms with van der Waals surface area (Å²) in [6.45, 7) is 3.96. The first-order valence-electron chi connectivity index (χ1n) is 23.1. The molecule has 0 aromatic heterocycles. The summed E-state index contributed by atoms with van der Waals surface area (Å²) in [5.41, 5.74) is 0. The topological polar surface area (TPSA) is 131 Å². The van der Waals surface area contributed by atoms with Gasteiger partial charge in [0.1, 0.15) is 19.8 Å². The number of likely N-dealkylation sites (N-methyl/N-ethyl adjacent to an activating group) is 1. The monoisotopic (exact) mass is 852 g/mol. The van der Waals surface area contributed by atoms with E-state index >= 15 is 0 Å². The highest BCUT2D eigenvalue weighted by molar-refractivity contribution is 7.45. The molecule has 0 amide bonds. The summed E-state index contributed by atoms with van der Waals surface area (Å²) in [6, 6.07) is 0. The van der Waals surface area contributed by atoms with Crippen LogP contribution in [0.2, 0.25) is 0 Å². The van der Waals surface area contributed by atoms with Crippen molar-refractivity contribution < 1.29 is 47.2 Å². The number of carbonyl (C=O) groups is 2. The molecule has 342 valence electrons. The van der Waals surface area contributed by atoms with E-state index in [9.17, 15) is 24.2 Å². The zero-order valence-corrected chi connectivity index (χ0v) is 38.9. The predicted molar refractivity (Wildman–Crippen MR) is 242 cm³/mol. The molecular weight excluding hydrogens is 765 g/mol. The Morgan fingerprint density at radius 3 is 1.78 bits per heavy atom.